The molecule has 1 atom stereocenters. The van der Waals surface area contributed by atoms with E-state index in [0.717, 1.165) is 25.2 Å². The number of anilines is 5. The molecule has 1 fully saturated rings. The molecule has 0 unspecified atom stereocenters. The van der Waals surface area contributed by atoms with Crippen LogP contribution >= 0.6 is 0 Å². The fourth-order valence-electron chi connectivity index (χ4n) is 4.96. The van der Waals surface area contributed by atoms with Gasteiger partial charge in [0.15, 0.2) is 17.1 Å². The number of pyridine rings is 2. The molecule has 1 aliphatic rings. The third kappa shape index (κ3) is 5.06. The highest BCUT2D eigenvalue weighted by Gasteiger charge is 2.25. The van der Waals surface area contributed by atoms with E-state index in [9.17, 15) is 5.26 Å². The Bertz CT molecular complexity index is 1770. The molecule has 1 saturated heterocycles. The van der Waals surface area contributed by atoms with Gasteiger partial charge in [0.05, 0.1) is 42.9 Å². The fraction of sp³-hybridized carbons (Fsp3) is 0.296. The summed E-state index contributed by atoms with van der Waals surface area (Å²) >= 11 is 0. The van der Waals surface area contributed by atoms with Crippen molar-refractivity contribution in [1.82, 2.24) is 40.1 Å². The fourth-order valence-corrected chi connectivity index (χ4v) is 4.96. The molecule has 14 heteroatoms. The zero-order valence-electron chi connectivity index (χ0n) is 23.0. The predicted molar refractivity (Wildman–Crippen MR) is 153 cm³/mol. The lowest BCUT2D eigenvalue weighted by atomic mass is 10.1. The highest BCUT2D eigenvalue weighted by molar-refractivity contribution is 5.92. The van der Waals surface area contributed by atoms with Crippen LogP contribution in [0.25, 0.3) is 22.6 Å². The lowest BCUT2D eigenvalue weighted by Gasteiger charge is -2.19. The maximum atomic E-state index is 9.84. The van der Waals surface area contributed by atoms with E-state index in [-0.39, 0.29) is 6.10 Å². The first-order valence-electron chi connectivity index (χ1n) is 13.0. The minimum absolute atomic E-state index is 0.148. The maximum absolute atomic E-state index is 9.84. The molecular formula is C27H28N12O2. The number of fused-ring (bicyclic) bond motifs is 1. The second kappa shape index (κ2) is 10.7. The van der Waals surface area contributed by atoms with Crippen LogP contribution in [-0.4, -0.2) is 73.6 Å². The normalized spacial score (nSPS) is 14.8. The van der Waals surface area contributed by atoms with Crippen molar-refractivity contribution in [2.75, 3.05) is 42.8 Å². The van der Waals surface area contributed by atoms with Crippen LogP contribution in [0.15, 0.2) is 36.4 Å². The minimum atomic E-state index is 0.148. The minimum Gasteiger partial charge on any atom is -0.494 e. The summed E-state index contributed by atoms with van der Waals surface area (Å²) in [4.78, 5) is 20.6. The van der Waals surface area contributed by atoms with Gasteiger partial charge < -0.3 is 30.0 Å². The first-order valence-corrected chi connectivity index (χ1v) is 13.0. The molecular weight excluding hydrogens is 524 g/mol. The van der Waals surface area contributed by atoms with Crippen LogP contribution in [0, 0.1) is 18.3 Å². The van der Waals surface area contributed by atoms with Gasteiger partial charge in [-0.25, -0.2) is 15.0 Å². The van der Waals surface area contributed by atoms with Gasteiger partial charge in [-0.3, -0.25) is 0 Å². The number of hydrogen-bond acceptors (Lipinski definition) is 12. The molecule has 14 nitrogen and oxygen atoms in total. The van der Waals surface area contributed by atoms with E-state index in [0.29, 0.717) is 62.8 Å². The highest BCUT2D eigenvalue weighted by Crippen LogP contribution is 2.38. The Kier molecular flexibility index (Phi) is 6.78. The number of nitriles is 1. The molecule has 0 saturated carbocycles. The van der Waals surface area contributed by atoms with Gasteiger partial charge in [-0.15, -0.1) is 10.2 Å². The summed E-state index contributed by atoms with van der Waals surface area (Å²) in [5.74, 6) is 2.72. The van der Waals surface area contributed by atoms with Gasteiger partial charge >= 0.3 is 0 Å². The van der Waals surface area contributed by atoms with Crippen LogP contribution in [0.1, 0.15) is 17.9 Å². The lowest BCUT2D eigenvalue weighted by Crippen LogP contribution is -2.23. The molecule has 4 aromatic heterocycles. The molecule has 5 aromatic rings. The van der Waals surface area contributed by atoms with Crippen molar-refractivity contribution in [3.8, 4) is 23.2 Å². The van der Waals surface area contributed by atoms with Crippen molar-refractivity contribution >= 4 is 39.9 Å². The second-order valence-corrected chi connectivity index (χ2v) is 9.58. The van der Waals surface area contributed by atoms with Gasteiger partial charge in [0.2, 0.25) is 5.82 Å². The van der Waals surface area contributed by atoms with E-state index >= 15 is 0 Å². The van der Waals surface area contributed by atoms with E-state index in [1.807, 2.05) is 43.3 Å². The summed E-state index contributed by atoms with van der Waals surface area (Å²) in [6.07, 6.45) is 1.06. The number of ether oxygens (including phenoxy) is 2. The van der Waals surface area contributed by atoms with Crippen molar-refractivity contribution in [3.63, 3.8) is 0 Å². The summed E-state index contributed by atoms with van der Waals surface area (Å²) in [6, 6.07) is 13.5. The van der Waals surface area contributed by atoms with E-state index in [1.54, 1.807) is 21.3 Å². The third-order valence-corrected chi connectivity index (χ3v) is 6.86. The number of para-hydroxylation sites is 1. The number of tetrazole rings is 1. The van der Waals surface area contributed by atoms with Gasteiger partial charge in [0.25, 0.3) is 0 Å². The number of rotatable bonds is 8. The third-order valence-electron chi connectivity index (χ3n) is 6.86. The van der Waals surface area contributed by atoms with Crippen LogP contribution in [-0.2, 0) is 11.8 Å². The van der Waals surface area contributed by atoms with Crippen LogP contribution in [0.4, 0.5) is 28.7 Å². The summed E-state index contributed by atoms with van der Waals surface area (Å²) < 4.78 is 11.2. The van der Waals surface area contributed by atoms with E-state index in [4.69, 9.17) is 14.5 Å². The SMILES string of the molecule is COc1c(Nc2cc(Nc3ccc(N4CC[C@H](OC)C4)c(C#N)n3)nc3[nH]c(C)nc23)cccc1-c1nnn(C)n1. The Balaban J connectivity index is 1.33. The summed E-state index contributed by atoms with van der Waals surface area (Å²) in [5.41, 5.74) is 4.42. The Morgan fingerprint density at radius 2 is 1.95 bits per heavy atom. The first-order chi connectivity index (χ1) is 19.9. The second-order valence-electron chi connectivity index (χ2n) is 9.58. The van der Waals surface area contributed by atoms with Crippen molar-refractivity contribution < 1.29 is 9.47 Å². The zero-order valence-corrected chi connectivity index (χ0v) is 23.0. The van der Waals surface area contributed by atoms with E-state index in [1.165, 1.54) is 4.80 Å². The molecule has 5 heterocycles. The van der Waals surface area contributed by atoms with Crippen LogP contribution < -0.4 is 20.3 Å². The number of aromatic nitrogens is 8. The van der Waals surface area contributed by atoms with Crippen molar-refractivity contribution in [2.24, 2.45) is 7.05 Å². The monoisotopic (exact) mass is 552 g/mol. The molecule has 1 aliphatic heterocycles. The number of aromatic amines is 1. The number of imidazole rings is 1. The number of aryl methyl sites for hydroxylation is 2. The van der Waals surface area contributed by atoms with Gasteiger partial charge in [-0.1, -0.05) is 6.07 Å². The molecule has 0 aliphatic carbocycles. The molecule has 1 aromatic carbocycles. The highest BCUT2D eigenvalue weighted by atomic mass is 16.5. The average molecular weight is 553 g/mol. The Morgan fingerprint density at radius 3 is 2.68 bits per heavy atom. The zero-order chi connectivity index (χ0) is 28.5. The number of H-pyrrole nitrogens is 1. The summed E-state index contributed by atoms with van der Waals surface area (Å²) in [7, 11) is 5.01. The molecule has 0 spiro atoms. The van der Waals surface area contributed by atoms with Crippen LogP contribution in [0.2, 0.25) is 0 Å². The van der Waals surface area contributed by atoms with Crippen LogP contribution in [0.5, 0.6) is 5.75 Å². The maximum Gasteiger partial charge on any atom is 0.208 e. The summed E-state index contributed by atoms with van der Waals surface area (Å²) in [6.45, 7) is 3.40. The van der Waals surface area contributed by atoms with Gasteiger partial charge in [0.1, 0.15) is 29.0 Å². The Morgan fingerprint density at radius 1 is 1.07 bits per heavy atom. The van der Waals surface area contributed by atoms with Crippen LogP contribution in [0.3, 0.4) is 0 Å². The molecule has 0 bridgehead atoms. The van der Waals surface area contributed by atoms with E-state index in [2.05, 4.69) is 52.0 Å². The number of nitrogens with one attached hydrogen (secondary N) is 3. The van der Waals surface area contributed by atoms with Crippen molar-refractivity contribution in [3.05, 3.63) is 47.9 Å². The molecule has 6 rings (SSSR count). The predicted octanol–water partition coefficient (Wildman–Crippen LogP) is 3.44. The lowest BCUT2D eigenvalue weighted by molar-refractivity contribution is 0.121. The standard InChI is InChI=1S/C27H28N12O2/c1-15-29-24-19(31-18-7-5-6-17(25(18)41-4)26-35-37-38(2)36-26)12-23(34-27(24)30-15)33-22-9-8-21(20(13-28)32-22)39-11-10-16(14-39)40-3/h5-9,12,16H,10-11,14H2,1-4H3,(H3,29,30,31,32,33,34)/t16-/m0/s1. The summed E-state index contributed by atoms with van der Waals surface area (Å²) in [5, 5.41) is 28.9. The van der Waals surface area contributed by atoms with Crippen molar-refractivity contribution in [2.45, 2.75) is 19.4 Å². The number of nitrogens with zero attached hydrogens (tertiary/aromatic N) is 9. The van der Waals surface area contributed by atoms with Gasteiger partial charge in [0, 0.05) is 26.3 Å². The quantitative estimate of drug-likeness (QED) is 0.257. The smallest absolute Gasteiger partial charge is 0.208 e. The molecule has 0 radical (unpaired) electrons. The molecule has 208 valence electrons. The molecule has 41 heavy (non-hydrogen) atoms. The molecule has 3 N–H and O–H groups in total. The number of hydrogen-bond donors (Lipinski definition) is 3. The number of benzene rings is 1. The average Bonchev–Trinajstić information content (AvgIpc) is 3.72. The Hall–Kier alpha value is -5.29. The van der Waals surface area contributed by atoms with Gasteiger partial charge in [-0.2, -0.15) is 10.1 Å². The van der Waals surface area contributed by atoms with E-state index < -0.39 is 0 Å². The Labute approximate surface area is 235 Å². The van der Waals surface area contributed by atoms with Crippen molar-refractivity contribution in [1.29, 1.82) is 5.26 Å². The van der Waals surface area contributed by atoms with Gasteiger partial charge in [-0.05, 0) is 42.8 Å². The topological polar surface area (TPSA) is 168 Å². The number of methoxy groups -OCH3 is 2. The largest absolute Gasteiger partial charge is 0.494 e. The first kappa shape index (κ1) is 26.0. The molecule has 0 amide bonds.